The lowest BCUT2D eigenvalue weighted by atomic mass is 10.1. The number of hydrogen-bond donors (Lipinski definition) is 2. The fourth-order valence-corrected chi connectivity index (χ4v) is 6.25. The number of ether oxygens (including phenoxy) is 3. The number of esters is 1. The quantitative estimate of drug-likeness (QED) is 0.129. The molecule has 1 fully saturated rings. The summed E-state index contributed by atoms with van der Waals surface area (Å²) < 4.78 is 20.1. The fraction of sp³-hybridized carbons (Fsp3) is 0.342. The Bertz CT molecular complexity index is 1980. The smallest absolute Gasteiger partial charge is 0.354 e. The predicted molar refractivity (Wildman–Crippen MR) is 193 cm³/mol. The first-order valence-electron chi connectivity index (χ1n) is 17.1. The molecule has 6 rings (SSSR count). The topological polar surface area (TPSA) is 145 Å². The molecule has 0 saturated carbocycles. The van der Waals surface area contributed by atoms with Gasteiger partial charge in [-0.15, -0.1) is 0 Å². The molecule has 1 saturated heterocycles. The van der Waals surface area contributed by atoms with Crippen LogP contribution >= 0.6 is 0 Å². The van der Waals surface area contributed by atoms with Crippen molar-refractivity contribution in [2.45, 2.75) is 45.1 Å². The molecule has 2 aromatic carbocycles. The molecule has 2 aromatic heterocycles. The number of nitrogens with zero attached hydrogens (tertiary/aromatic N) is 4. The van der Waals surface area contributed by atoms with Crippen LogP contribution in [0.25, 0.3) is 11.1 Å². The van der Waals surface area contributed by atoms with Crippen molar-refractivity contribution in [3.8, 4) is 22.6 Å². The number of carbonyl (C=O) groups excluding carboxylic acids is 4. The van der Waals surface area contributed by atoms with Gasteiger partial charge in [0.25, 0.3) is 11.8 Å². The molecule has 0 spiro atoms. The number of benzene rings is 2. The summed E-state index contributed by atoms with van der Waals surface area (Å²) in [5.74, 6) is -0.0958. The minimum Gasteiger partial charge on any atom is -0.493 e. The van der Waals surface area contributed by atoms with Crippen LogP contribution in [0.5, 0.6) is 11.5 Å². The highest BCUT2D eigenvalue weighted by atomic mass is 16.5. The Kier molecular flexibility index (Phi) is 10.5. The Morgan fingerprint density at radius 3 is 2.45 bits per heavy atom. The second-order valence-electron chi connectivity index (χ2n) is 12.6. The van der Waals surface area contributed by atoms with E-state index in [0.29, 0.717) is 65.1 Å². The van der Waals surface area contributed by atoms with E-state index < -0.39 is 0 Å². The van der Waals surface area contributed by atoms with E-state index >= 15 is 0 Å². The molecule has 13 nitrogen and oxygen atoms in total. The van der Waals surface area contributed by atoms with Gasteiger partial charge in [-0.1, -0.05) is 19.1 Å². The van der Waals surface area contributed by atoms with Crippen LogP contribution in [-0.2, 0) is 23.6 Å². The van der Waals surface area contributed by atoms with Crippen molar-refractivity contribution in [1.82, 2.24) is 14.0 Å². The van der Waals surface area contributed by atoms with Gasteiger partial charge in [0.1, 0.15) is 11.4 Å². The van der Waals surface area contributed by atoms with E-state index in [2.05, 4.69) is 15.6 Å². The lowest BCUT2D eigenvalue weighted by Gasteiger charge is -2.20. The predicted octanol–water partition coefficient (Wildman–Crippen LogP) is 5.98. The van der Waals surface area contributed by atoms with Crippen molar-refractivity contribution in [3.05, 3.63) is 77.9 Å². The minimum absolute atomic E-state index is 0.00705. The van der Waals surface area contributed by atoms with Gasteiger partial charge >= 0.3 is 5.97 Å². The van der Waals surface area contributed by atoms with Gasteiger partial charge in [0.15, 0.2) is 11.5 Å². The van der Waals surface area contributed by atoms with Crippen molar-refractivity contribution in [2.75, 3.05) is 37.5 Å². The van der Waals surface area contributed by atoms with Crippen molar-refractivity contribution in [1.29, 1.82) is 0 Å². The first-order chi connectivity index (χ1) is 24.6. The molecule has 3 amide bonds. The van der Waals surface area contributed by atoms with Crippen LogP contribution in [0.2, 0.25) is 0 Å². The highest BCUT2D eigenvalue weighted by molar-refractivity contribution is 6.05. The van der Waals surface area contributed by atoms with E-state index in [0.717, 1.165) is 30.4 Å². The molecule has 1 atom stereocenters. The maximum absolute atomic E-state index is 13.1. The van der Waals surface area contributed by atoms with Crippen LogP contribution in [0.15, 0.2) is 65.9 Å². The van der Waals surface area contributed by atoms with Gasteiger partial charge in [0.05, 0.1) is 43.3 Å². The van der Waals surface area contributed by atoms with Crippen LogP contribution in [0.4, 0.5) is 17.1 Å². The molecule has 0 bridgehead atoms. The Balaban J connectivity index is 0.995. The number of aliphatic imine (C=N–C) groups is 1. The molecule has 0 aliphatic carbocycles. The third-order valence-electron chi connectivity index (χ3n) is 8.91. The van der Waals surface area contributed by atoms with Gasteiger partial charge in [-0.2, -0.15) is 0 Å². The largest absolute Gasteiger partial charge is 0.493 e. The van der Waals surface area contributed by atoms with Crippen LogP contribution in [0.3, 0.4) is 0 Å². The third-order valence-corrected chi connectivity index (χ3v) is 8.91. The molecule has 266 valence electrons. The molecular weight excluding hydrogens is 652 g/mol. The molecule has 1 unspecified atom stereocenters. The number of hydrogen-bond acceptors (Lipinski definition) is 8. The van der Waals surface area contributed by atoms with Crippen molar-refractivity contribution in [2.24, 2.45) is 19.1 Å². The third kappa shape index (κ3) is 7.82. The molecular formula is C38H42N6O7. The van der Waals surface area contributed by atoms with Gasteiger partial charge in [0, 0.05) is 63.0 Å². The number of fused-ring (bicyclic) bond motifs is 2. The summed E-state index contributed by atoms with van der Waals surface area (Å²) in [5.41, 5.74) is 4.69. The van der Waals surface area contributed by atoms with Crippen LogP contribution in [0, 0.1) is 0 Å². The summed E-state index contributed by atoms with van der Waals surface area (Å²) in [5, 5.41) is 5.75. The number of amides is 3. The summed E-state index contributed by atoms with van der Waals surface area (Å²) in [7, 11) is 5.05. The Hall–Kier alpha value is -5.85. The summed E-state index contributed by atoms with van der Waals surface area (Å²) in [4.78, 5) is 57.7. The maximum atomic E-state index is 13.1. The lowest BCUT2D eigenvalue weighted by molar-refractivity contribution is -0.116. The Labute approximate surface area is 296 Å². The first-order valence-corrected chi connectivity index (χ1v) is 17.1. The highest BCUT2D eigenvalue weighted by Gasteiger charge is 2.32. The number of nitrogens with one attached hydrogen (secondary N) is 2. The monoisotopic (exact) mass is 694 g/mol. The van der Waals surface area contributed by atoms with E-state index in [1.807, 2.05) is 36.4 Å². The normalized spacial score (nSPS) is 14.8. The minimum atomic E-state index is -0.365. The van der Waals surface area contributed by atoms with Gasteiger partial charge in [-0.05, 0) is 61.6 Å². The zero-order valence-corrected chi connectivity index (χ0v) is 29.2. The van der Waals surface area contributed by atoms with Crippen LogP contribution in [0.1, 0.15) is 70.4 Å². The number of anilines is 2. The lowest BCUT2D eigenvalue weighted by Crippen LogP contribution is -2.35. The summed E-state index contributed by atoms with van der Waals surface area (Å²) in [6, 6.07) is 14.1. The Morgan fingerprint density at radius 1 is 0.902 bits per heavy atom. The highest BCUT2D eigenvalue weighted by Crippen LogP contribution is 2.38. The molecule has 4 aromatic rings. The number of aromatic nitrogens is 2. The second-order valence-corrected chi connectivity index (χ2v) is 12.6. The van der Waals surface area contributed by atoms with Crippen molar-refractivity contribution < 1.29 is 33.4 Å². The van der Waals surface area contributed by atoms with Crippen molar-refractivity contribution in [3.63, 3.8) is 0 Å². The number of aryl methyl sites for hydroxylation is 2. The average Bonchev–Trinajstić information content (AvgIpc) is 3.84. The van der Waals surface area contributed by atoms with Gasteiger partial charge < -0.3 is 38.9 Å². The molecule has 4 heterocycles. The van der Waals surface area contributed by atoms with Crippen molar-refractivity contribution >= 4 is 47.0 Å². The van der Waals surface area contributed by atoms with Crippen LogP contribution in [-0.4, -0.2) is 76.8 Å². The van der Waals surface area contributed by atoms with E-state index in [4.69, 9.17) is 14.2 Å². The van der Waals surface area contributed by atoms with E-state index in [1.165, 1.54) is 7.11 Å². The van der Waals surface area contributed by atoms with E-state index in [9.17, 15) is 19.2 Å². The number of rotatable bonds is 13. The Morgan fingerprint density at radius 2 is 1.69 bits per heavy atom. The SMILES string of the molecule is CCCOC(=O)c1cc(-c2ccc(NC(=O)c3cc(NC(=O)CCCOc4cc5c(cc4OC)C(=O)N4CCCC4C=N5)cn3C)cc2)cn1C. The number of methoxy groups -OCH3 is 1. The molecule has 13 heteroatoms. The molecule has 2 N–H and O–H groups in total. The molecule has 51 heavy (non-hydrogen) atoms. The van der Waals surface area contributed by atoms with E-state index in [1.54, 1.807) is 65.8 Å². The summed E-state index contributed by atoms with van der Waals surface area (Å²) in [6.45, 7) is 3.27. The van der Waals surface area contributed by atoms with Gasteiger partial charge in [-0.25, -0.2) is 4.79 Å². The zero-order chi connectivity index (χ0) is 36.1. The van der Waals surface area contributed by atoms with E-state index in [-0.39, 0.29) is 42.8 Å². The van der Waals surface area contributed by atoms with Crippen LogP contribution < -0.4 is 20.1 Å². The standard InChI is InChI=1S/C38H42N6O7/c1-5-15-51-38(48)32-17-25(22-42(32)2)24-10-12-26(13-11-24)41-36(46)31-18-27(23-43(31)3)40-35(45)9-7-16-50-34-20-30-29(19-33(34)49-4)37(47)44-14-6-8-28(44)21-39-30/h10-13,17-23,28H,5-9,14-16H2,1-4H3,(H,40,45)(H,41,46). The zero-order valence-electron chi connectivity index (χ0n) is 29.2. The van der Waals surface area contributed by atoms with Gasteiger partial charge in [-0.3, -0.25) is 19.4 Å². The maximum Gasteiger partial charge on any atom is 0.354 e. The molecule has 0 radical (unpaired) electrons. The number of carbonyl (C=O) groups is 4. The molecule has 2 aliphatic rings. The first kappa shape index (κ1) is 35.0. The van der Waals surface area contributed by atoms with Gasteiger partial charge in [0.2, 0.25) is 5.91 Å². The summed E-state index contributed by atoms with van der Waals surface area (Å²) in [6.07, 6.45) is 8.58. The average molecular weight is 695 g/mol. The fourth-order valence-electron chi connectivity index (χ4n) is 6.25. The summed E-state index contributed by atoms with van der Waals surface area (Å²) >= 11 is 0. The second kappa shape index (κ2) is 15.4. The molecule has 2 aliphatic heterocycles.